The van der Waals surface area contributed by atoms with Crippen molar-refractivity contribution in [1.82, 2.24) is 0 Å². The van der Waals surface area contributed by atoms with Gasteiger partial charge in [0.25, 0.3) is 0 Å². The number of hydrogen-bond acceptors (Lipinski definition) is 6. The predicted molar refractivity (Wildman–Crippen MR) is 91.9 cm³/mol. The fourth-order valence-corrected chi connectivity index (χ4v) is 3.79. The van der Waals surface area contributed by atoms with Gasteiger partial charge < -0.3 is 0 Å². The van der Waals surface area contributed by atoms with E-state index in [1.807, 2.05) is 6.92 Å². The first-order chi connectivity index (χ1) is 11.7. The first-order valence-electron chi connectivity index (χ1n) is 7.65. The number of nitrogens with zero attached hydrogens (tertiary/aromatic N) is 1. The van der Waals surface area contributed by atoms with E-state index in [0.29, 0.717) is 12.3 Å². The zero-order chi connectivity index (χ0) is 19.0. The van der Waals surface area contributed by atoms with E-state index < -0.39 is 20.1 Å². The number of unbranched alkanes of at least 4 members (excludes halogenated alkanes) is 1. The zero-order valence-electron chi connectivity index (χ0n) is 14.4. The van der Waals surface area contributed by atoms with Gasteiger partial charge in [0.1, 0.15) is 0 Å². The number of carbonyl (C=O) groups excluding carboxylic acids is 2. The molecule has 10 heteroatoms. The number of anilines is 2. The molecule has 0 fully saturated rings. The van der Waals surface area contributed by atoms with Gasteiger partial charge in [-0.25, -0.2) is 0 Å². The SMILES string of the molecule is CCCCOCC(=O)N(C)c1cc(NC(C)=O)ccc1[As](=O)(O)OO. The molecule has 1 aromatic rings. The van der Waals surface area contributed by atoms with E-state index in [4.69, 9.17) is 9.99 Å². The second-order valence-electron chi connectivity index (χ2n) is 5.35. The fourth-order valence-electron chi connectivity index (χ4n) is 1.99. The summed E-state index contributed by atoms with van der Waals surface area (Å²) < 4.78 is 30.6. The van der Waals surface area contributed by atoms with Crippen molar-refractivity contribution in [3.8, 4) is 0 Å². The second-order valence-corrected chi connectivity index (χ2v) is 8.88. The normalized spacial score (nSPS) is 13.2. The molecule has 25 heavy (non-hydrogen) atoms. The van der Waals surface area contributed by atoms with Crippen molar-refractivity contribution in [3.63, 3.8) is 0 Å². The third-order valence-corrected chi connectivity index (χ3v) is 5.85. The molecule has 3 N–H and O–H groups in total. The average Bonchev–Trinajstić information content (AvgIpc) is 2.57. The predicted octanol–water partition coefficient (Wildman–Crippen LogP) is 0.483. The van der Waals surface area contributed by atoms with Gasteiger partial charge >= 0.3 is 148 Å². The molecule has 0 radical (unpaired) electrons. The summed E-state index contributed by atoms with van der Waals surface area (Å²) in [6.07, 6.45) is 1.74. The van der Waals surface area contributed by atoms with Crippen LogP contribution in [0.1, 0.15) is 26.7 Å². The third-order valence-electron chi connectivity index (χ3n) is 3.31. The van der Waals surface area contributed by atoms with E-state index in [1.165, 1.54) is 32.2 Å². The van der Waals surface area contributed by atoms with E-state index in [2.05, 4.69) is 9.19 Å². The van der Waals surface area contributed by atoms with Crippen LogP contribution in [0.2, 0.25) is 0 Å². The van der Waals surface area contributed by atoms with Crippen molar-refractivity contribution in [2.24, 2.45) is 0 Å². The maximum atomic E-state index is 12.3. The molecule has 0 spiro atoms. The summed E-state index contributed by atoms with van der Waals surface area (Å²) in [6.45, 7) is 3.52. The van der Waals surface area contributed by atoms with Gasteiger partial charge in [-0.15, -0.1) is 0 Å². The van der Waals surface area contributed by atoms with Crippen LogP contribution in [-0.2, 0) is 21.9 Å². The Morgan fingerprint density at radius 2 is 2.04 bits per heavy atom. The Kier molecular flexibility index (Phi) is 8.34. The minimum atomic E-state index is -5.23. The van der Waals surface area contributed by atoms with Crippen molar-refractivity contribution in [3.05, 3.63) is 18.2 Å². The molecule has 9 nitrogen and oxygen atoms in total. The van der Waals surface area contributed by atoms with Crippen LogP contribution in [0.15, 0.2) is 18.2 Å². The Morgan fingerprint density at radius 1 is 1.36 bits per heavy atom. The van der Waals surface area contributed by atoms with E-state index >= 15 is 0 Å². The molecular formula is C15H23AsN2O7. The molecule has 1 aromatic carbocycles. The Labute approximate surface area is 148 Å². The van der Waals surface area contributed by atoms with E-state index in [1.54, 1.807) is 0 Å². The first-order valence-corrected chi connectivity index (χ1v) is 11.0. The van der Waals surface area contributed by atoms with Crippen LogP contribution in [-0.4, -0.2) is 55.6 Å². The molecule has 140 valence electrons. The second kappa shape index (κ2) is 9.74. The van der Waals surface area contributed by atoms with Crippen LogP contribution >= 0.6 is 0 Å². The molecule has 0 bridgehead atoms. The monoisotopic (exact) mass is 418 g/mol. The van der Waals surface area contributed by atoms with Gasteiger partial charge in [-0.2, -0.15) is 0 Å². The molecule has 0 saturated heterocycles. The van der Waals surface area contributed by atoms with Crippen molar-refractivity contribution >= 4 is 41.7 Å². The maximum absolute atomic E-state index is 12.3. The van der Waals surface area contributed by atoms with Crippen LogP contribution in [0, 0.1) is 0 Å². The van der Waals surface area contributed by atoms with Crippen LogP contribution in [0.4, 0.5) is 11.4 Å². The van der Waals surface area contributed by atoms with Crippen LogP contribution in [0.5, 0.6) is 0 Å². The Bertz CT molecular complexity index is 665. The third kappa shape index (κ3) is 6.30. The molecule has 0 aliphatic rings. The molecule has 0 aliphatic carbocycles. The van der Waals surface area contributed by atoms with Crippen molar-refractivity contribution in [2.45, 2.75) is 26.7 Å². The summed E-state index contributed by atoms with van der Waals surface area (Å²) in [5.74, 6) is -0.794. The van der Waals surface area contributed by atoms with Crippen LogP contribution < -0.4 is 14.6 Å². The van der Waals surface area contributed by atoms with E-state index in [0.717, 1.165) is 17.7 Å². The topological polar surface area (TPSA) is 125 Å². The minimum absolute atomic E-state index is 0.0365. The Morgan fingerprint density at radius 3 is 2.60 bits per heavy atom. The quantitative estimate of drug-likeness (QED) is 0.231. The Hall–Kier alpha value is -1.64. The number of amides is 2. The molecule has 0 heterocycles. The fraction of sp³-hybridized carbons (Fsp3) is 0.467. The molecule has 1 atom stereocenters. The average molecular weight is 418 g/mol. The van der Waals surface area contributed by atoms with Gasteiger partial charge in [0, 0.05) is 0 Å². The number of benzene rings is 1. The van der Waals surface area contributed by atoms with Gasteiger partial charge in [-0.05, 0) is 0 Å². The standard InChI is InChI=1S/C15H23AsN2O7/c1-4-5-8-24-10-15(20)18(3)14-9-12(17-11(2)19)6-7-13(14)16(21,22)25-23/h6-7,9,23H,4-5,8,10H2,1-3H3,(H,17,19)(H,21,22). The van der Waals surface area contributed by atoms with Crippen LogP contribution in [0.3, 0.4) is 0 Å². The molecule has 1 rings (SSSR count). The number of hydrogen-bond donors (Lipinski definition) is 3. The molecule has 2 amide bonds. The summed E-state index contributed by atoms with van der Waals surface area (Å²) in [7, 11) is 1.40. The van der Waals surface area contributed by atoms with Crippen molar-refractivity contribution in [1.29, 1.82) is 0 Å². The van der Waals surface area contributed by atoms with Gasteiger partial charge in [0.2, 0.25) is 0 Å². The number of carbonyl (C=O) groups is 2. The summed E-state index contributed by atoms with van der Waals surface area (Å²) in [5, 5.41) is 11.2. The summed E-state index contributed by atoms with van der Waals surface area (Å²) >= 11 is -5.23. The molecule has 0 aromatic heterocycles. The zero-order valence-corrected chi connectivity index (χ0v) is 16.3. The number of likely N-dealkylation sites (N-methyl/N-ethyl adjacent to an activating group) is 1. The Balaban J connectivity index is 3.12. The molecule has 0 saturated carbocycles. The number of ether oxygens (including phenoxy) is 1. The van der Waals surface area contributed by atoms with Crippen LogP contribution in [0.25, 0.3) is 0 Å². The van der Waals surface area contributed by atoms with Gasteiger partial charge in [0.05, 0.1) is 0 Å². The molecule has 1 unspecified atom stereocenters. The van der Waals surface area contributed by atoms with E-state index in [-0.39, 0.29) is 22.6 Å². The number of rotatable bonds is 9. The van der Waals surface area contributed by atoms with Crippen molar-refractivity contribution in [2.75, 3.05) is 30.5 Å². The number of nitrogens with one attached hydrogen (secondary N) is 1. The first kappa shape index (κ1) is 21.4. The van der Waals surface area contributed by atoms with Crippen molar-refractivity contribution < 1.29 is 31.3 Å². The van der Waals surface area contributed by atoms with Gasteiger partial charge in [0.15, 0.2) is 0 Å². The van der Waals surface area contributed by atoms with E-state index in [9.17, 15) is 17.4 Å². The summed E-state index contributed by atoms with van der Waals surface area (Å²) in [6, 6.07) is 3.95. The molecular weight excluding hydrogens is 395 g/mol. The van der Waals surface area contributed by atoms with Gasteiger partial charge in [-0.1, -0.05) is 0 Å². The summed E-state index contributed by atoms with van der Waals surface area (Å²) in [4.78, 5) is 24.6. The molecule has 0 aliphatic heterocycles. The van der Waals surface area contributed by atoms with Gasteiger partial charge in [-0.3, -0.25) is 0 Å². The summed E-state index contributed by atoms with van der Waals surface area (Å²) in [5.41, 5.74) is 0.362.